The van der Waals surface area contributed by atoms with Gasteiger partial charge in [-0.1, -0.05) is 20.8 Å². The van der Waals surface area contributed by atoms with E-state index >= 15 is 0 Å². The predicted molar refractivity (Wildman–Crippen MR) is 100 cm³/mol. The number of carbonyl (C=O) groups excluding carboxylic acids is 1. The molecule has 0 aromatic heterocycles. The van der Waals surface area contributed by atoms with Crippen LogP contribution >= 0.6 is 0 Å². The number of aliphatic hydroxyl groups excluding tert-OH is 1. The summed E-state index contributed by atoms with van der Waals surface area (Å²) in [6.07, 6.45) is 2.75. The third kappa shape index (κ3) is 9.20. The molecule has 0 unspecified atom stereocenters. The average Bonchev–Trinajstić information content (AvgIpc) is 2.68. The number of rotatable bonds is 9. The Hall–Kier alpha value is -0.846. The predicted octanol–water partition coefficient (Wildman–Crippen LogP) is 3.16. The summed E-state index contributed by atoms with van der Waals surface area (Å²) in [5.41, 5.74) is 0.748. The molecule has 1 fully saturated rings. The summed E-state index contributed by atoms with van der Waals surface area (Å²) in [7, 11) is 0. The van der Waals surface area contributed by atoms with Crippen molar-refractivity contribution in [1.82, 2.24) is 4.90 Å². The minimum absolute atomic E-state index is 0. The molecule has 0 saturated carbocycles. The van der Waals surface area contributed by atoms with Gasteiger partial charge in [0.1, 0.15) is 11.9 Å². The SMILES string of the molecule is CC.CCC(=O)c1ccc(OC2CCN(CCOCCO)CC2)cc1.[V]. The van der Waals surface area contributed by atoms with Crippen molar-refractivity contribution in [3.8, 4) is 5.75 Å². The summed E-state index contributed by atoms with van der Waals surface area (Å²) >= 11 is 0. The van der Waals surface area contributed by atoms with Crippen LogP contribution in [0, 0.1) is 0 Å². The van der Waals surface area contributed by atoms with Crippen molar-refractivity contribution in [3.63, 3.8) is 0 Å². The molecule has 5 nitrogen and oxygen atoms in total. The summed E-state index contributed by atoms with van der Waals surface area (Å²) in [6, 6.07) is 7.46. The zero-order valence-corrected chi connectivity index (χ0v) is 17.7. The molecule has 0 amide bonds. The molecule has 0 spiro atoms. The van der Waals surface area contributed by atoms with E-state index in [4.69, 9.17) is 14.6 Å². The maximum absolute atomic E-state index is 11.6. The molecule has 0 atom stereocenters. The van der Waals surface area contributed by atoms with E-state index in [1.54, 1.807) is 0 Å². The van der Waals surface area contributed by atoms with Crippen LogP contribution in [-0.2, 0) is 23.3 Å². The van der Waals surface area contributed by atoms with Crippen LogP contribution in [0.5, 0.6) is 5.75 Å². The standard InChI is InChI=1S/C18H27NO4.C2H6.V/c1-2-18(21)15-3-5-16(6-4-15)23-17-7-9-19(10-8-17)11-13-22-14-12-20;1-2;/h3-6,17,20H,2,7-14H2,1H3;1-2H3;. The molecule has 147 valence electrons. The van der Waals surface area contributed by atoms with Crippen LogP contribution in [0.25, 0.3) is 0 Å². The first kappa shape index (κ1) is 25.2. The van der Waals surface area contributed by atoms with Crippen LogP contribution in [0.15, 0.2) is 24.3 Å². The molecule has 1 aliphatic heterocycles. The van der Waals surface area contributed by atoms with E-state index in [9.17, 15) is 4.79 Å². The molecule has 1 aromatic rings. The fourth-order valence-electron chi connectivity index (χ4n) is 2.73. The number of Topliss-reactive ketones (excluding diaryl/α,β-unsaturated/α-hetero) is 1. The Morgan fingerprint density at radius 2 is 1.77 bits per heavy atom. The molecule has 6 heteroatoms. The molecule has 1 radical (unpaired) electrons. The van der Waals surface area contributed by atoms with Gasteiger partial charge in [-0.25, -0.2) is 0 Å². The third-order valence-corrected chi connectivity index (χ3v) is 4.12. The van der Waals surface area contributed by atoms with Crippen molar-refractivity contribution in [1.29, 1.82) is 0 Å². The topological polar surface area (TPSA) is 59.0 Å². The zero-order chi connectivity index (χ0) is 18.5. The normalized spacial score (nSPS) is 14.8. The summed E-state index contributed by atoms with van der Waals surface area (Å²) < 4.78 is 11.3. The second-order valence-electron chi connectivity index (χ2n) is 5.80. The van der Waals surface area contributed by atoms with Gasteiger partial charge in [-0.3, -0.25) is 4.79 Å². The summed E-state index contributed by atoms with van der Waals surface area (Å²) in [6.45, 7) is 9.93. The van der Waals surface area contributed by atoms with Crippen molar-refractivity contribution in [2.24, 2.45) is 0 Å². The number of nitrogens with zero attached hydrogens (tertiary/aromatic N) is 1. The molecule has 1 saturated heterocycles. The zero-order valence-electron chi connectivity index (χ0n) is 16.3. The Labute approximate surface area is 169 Å². The number of aliphatic hydroxyl groups is 1. The van der Waals surface area contributed by atoms with Gasteiger partial charge in [-0.05, 0) is 37.1 Å². The fourth-order valence-corrected chi connectivity index (χ4v) is 2.73. The van der Waals surface area contributed by atoms with Gasteiger partial charge in [0.05, 0.1) is 19.8 Å². The minimum Gasteiger partial charge on any atom is -0.490 e. The van der Waals surface area contributed by atoms with E-state index in [1.807, 2.05) is 45.0 Å². The smallest absolute Gasteiger partial charge is 0.162 e. The van der Waals surface area contributed by atoms with Gasteiger partial charge in [0.25, 0.3) is 0 Å². The van der Waals surface area contributed by atoms with Gasteiger partial charge >= 0.3 is 0 Å². The Bertz CT molecular complexity index is 473. The molecular weight excluding hydrogens is 369 g/mol. The van der Waals surface area contributed by atoms with Crippen molar-refractivity contribution in [2.45, 2.75) is 46.1 Å². The number of piperidine rings is 1. The molecule has 0 bridgehead atoms. The number of benzene rings is 1. The summed E-state index contributed by atoms with van der Waals surface area (Å²) in [5, 5.41) is 8.67. The van der Waals surface area contributed by atoms with E-state index in [2.05, 4.69) is 4.90 Å². The number of hydrogen-bond acceptors (Lipinski definition) is 5. The van der Waals surface area contributed by atoms with Crippen molar-refractivity contribution >= 4 is 5.78 Å². The first-order valence-electron chi connectivity index (χ1n) is 9.43. The van der Waals surface area contributed by atoms with Crippen molar-refractivity contribution in [3.05, 3.63) is 29.8 Å². The van der Waals surface area contributed by atoms with Crippen molar-refractivity contribution in [2.75, 3.05) is 39.5 Å². The molecule has 1 aliphatic rings. The van der Waals surface area contributed by atoms with Crippen LogP contribution in [0.4, 0.5) is 0 Å². The molecule has 0 aliphatic carbocycles. The van der Waals surface area contributed by atoms with E-state index < -0.39 is 0 Å². The van der Waals surface area contributed by atoms with Gasteiger partial charge in [0.2, 0.25) is 0 Å². The van der Waals surface area contributed by atoms with Gasteiger partial charge in [0.15, 0.2) is 5.78 Å². The number of likely N-dealkylation sites (tertiary alicyclic amines) is 1. The summed E-state index contributed by atoms with van der Waals surface area (Å²) in [4.78, 5) is 14.0. The van der Waals surface area contributed by atoms with Crippen LogP contribution in [-0.4, -0.2) is 61.3 Å². The number of ether oxygens (including phenoxy) is 2. The fraction of sp³-hybridized carbons (Fsp3) is 0.650. The number of ketones is 1. The molecule has 1 N–H and O–H groups in total. The number of carbonyl (C=O) groups is 1. The molecular formula is C20H33NO4V. The monoisotopic (exact) mass is 402 g/mol. The maximum Gasteiger partial charge on any atom is 0.162 e. The van der Waals surface area contributed by atoms with E-state index in [0.29, 0.717) is 19.6 Å². The van der Waals surface area contributed by atoms with Crippen LogP contribution in [0.2, 0.25) is 0 Å². The molecule has 2 rings (SSSR count). The Morgan fingerprint density at radius 1 is 1.15 bits per heavy atom. The Morgan fingerprint density at radius 3 is 2.31 bits per heavy atom. The van der Waals surface area contributed by atoms with Gasteiger partial charge in [0, 0.05) is 50.2 Å². The second kappa shape index (κ2) is 15.2. The van der Waals surface area contributed by atoms with E-state index in [0.717, 1.165) is 43.8 Å². The first-order valence-corrected chi connectivity index (χ1v) is 9.43. The molecule has 1 aromatic carbocycles. The first-order chi connectivity index (χ1) is 12.2. The van der Waals surface area contributed by atoms with Crippen LogP contribution in [0.1, 0.15) is 50.4 Å². The minimum atomic E-state index is 0. The quantitative estimate of drug-likeness (QED) is 0.508. The molecule has 26 heavy (non-hydrogen) atoms. The van der Waals surface area contributed by atoms with Crippen LogP contribution < -0.4 is 4.74 Å². The number of hydrogen-bond donors (Lipinski definition) is 1. The largest absolute Gasteiger partial charge is 0.490 e. The Kier molecular flexibility index (Phi) is 14.7. The third-order valence-electron chi connectivity index (χ3n) is 4.12. The van der Waals surface area contributed by atoms with Gasteiger partial charge < -0.3 is 19.5 Å². The van der Waals surface area contributed by atoms with Crippen LogP contribution in [0.3, 0.4) is 0 Å². The van der Waals surface area contributed by atoms with Crippen molar-refractivity contribution < 1.29 is 37.9 Å². The van der Waals surface area contributed by atoms with Gasteiger partial charge in [-0.15, -0.1) is 0 Å². The summed E-state index contributed by atoms with van der Waals surface area (Å²) in [5.74, 6) is 0.996. The van der Waals surface area contributed by atoms with Gasteiger partial charge in [-0.2, -0.15) is 0 Å². The Balaban J connectivity index is 0.00000201. The average molecular weight is 402 g/mol. The van der Waals surface area contributed by atoms with E-state index in [-0.39, 0.29) is 37.0 Å². The maximum atomic E-state index is 11.6. The van der Waals surface area contributed by atoms with E-state index in [1.165, 1.54) is 0 Å². The molecule has 1 heterocycles. The second-order valence-corrected chi connectivity index (χ2v) is 5.80.